The number of anilines is 1. The Bertz CT molecular complexity index is 769. The van der Waals surface area contributed by atoms with Gasteiger partial charge in [0.2, 0.25) is 5.91 Å². The second-order valence-corrected chi connectivity index (χ2v) is 5.24. The molecule has 2 amide bonds. The summed E-state index contributed by atoms with van der Waals surface area (Å²) in [5, 5.41) is 2.14. The summed E-state index contributed by atoms with van der Waals surface area (Å²) in [5.74, 6) is -5.65. The number of carbonyl (C=O) groups excluding carboxylic acids is 2. The molecule has 1 aromatic carbocycles. The molecule has 0 spiro atoms. The van der Waals surface area contributed by atoms with Crippen LogP contribution in [0.4, 0.5) is 18.9 Å². The van der Waals surface area contributed by atoms with Gasteiger partial charge in [0.15, 0.2) is 17.5 Å². The molecular weight excluding hydrogens is 335 g/mol. The van der Waals surface area contributed by atoms with Crippen LogP contribution in [-0.4, -0.2) is 34.8 Å². The average Bonchev–Trinajstić information content (AvgIpc) is 2.62. The quantitative estimate of drug-likeness (QED) is 0.814. The Balaban J connectivity index is 2.10. The molecule has 25 heavy (non-hydrogen) atoms. The van der Waals surface area contributed by atoms with Gasteiger partial charge in [0.1, 0.15) is 6.54 Å². The Morgan fingerprint density at radius 1 is 1.16 bits per heavy atom. The molecule has 1 aromatic heterocycles. The van der Waals surface area contributed by atoms with E-state index in [0.29, 0.717) is 24.6 Å². The van der Waals surface area contributed by atoms with E-state index in [2.05, 4.69) is 10.3 Å². The van der Waals surface area contributed by atoms with Crippen molar-refractivity contribution in [3.63, 3.8) is 0 Å². The number of benzene rings is 1. The number of nitrogens with zero attached hydrogens (tertiary/aromatic N) is 2. The molecule has 1 N–H and O–H groups in total. The lowest BCUT2D eigenvalue weighted by Crippen LogP contribution is -2.38. The number of pyridine rings is 1. The molecule has 132 valence electrons. The fourth-order valence-electron chi connectivity index (χ4n) is 2.18. The molecule has 0 radical (unpaired) electrons. The SMILES string of the molecule is CCCN(CC(=O)Nc1ccc(F)c(F)c1F)C(=O)c1cccnc1. The number of hydrogen-bond donors (Lipinski definition) is 1. The number of rotatable bonds is 6. The van der Waals surface area contributed by atoms with Crippen LogP contribution in [0.2, 0.25) is 0 Å². The average molecular weight is 351 g/mol. The summed E-state index contributed by atoms with van der Waals surface area (Å²) < 4.78 is 39.7. The Labute approximate surface area is 142 Å². The van der Waals surface area contributed by atoms with Gasteiger partial charge in [0.25, 0.3) is 5.91 Å². The maximum atomic E-state index is 13.6. The molecular formula is C17H16F3N3O2. The minimum Gasteiger partial charge on any atom is -0.329 e. The van der Waals surface area contributed by atoms with Gasteiger partial charge in [-0.3, -0.25) is 14.6 Å². The molecule has 0 fully saturated rings. The van der Waals surface area contributed by atoms with Crippen LogP contribution in [0, 0.1) is 17.5 Å². The van der Waals surface area contributed by atoms with Crippen LogP contribution in [0.25, 0.3) is 0 Å². The lowest BCUT2D eigenvalue weighted by atomic mass is 10.2. The second-order valence-electron chi connectivity index (χ2n) is 5.24. The van der Waals surface area contributed by atoms with Gasteiger partial charge < -0.3 is 10.2 Å². The summed E-state index contributed by atoms with van der Waals surface area (Å²) in [6.07, 6.45) is 3.48. The minimum absolute atomic E-state index is 0.293. The van der Waals surface area contributed by atoms with E-state index in [1.165, 1.54) is 17.3 Å². The summed E-state index contributed by atoms with van der Waals surface area (Å²) >= 11 is 0. The Morgan fingerprint density at radius 2 is 1.92 bits per heavy atom. The normalized spacial score (nSPS) is 10.4. The predicted molar refractivity (Wildman–Crippen MR) is 85.4 cm³/mol. The summed E-state index contributed by atoms with van der Waals surface area (Å²) in [4.78, 5) is 29.6. The largest absolute Gasteiger partial charge is 0.329 e. The summed E-state index contributed by atoms with van der Waals surface area (Å²) in [6.45, 7) is 1.76. The zero-order valence-corrected chi connectivity index (χ0v) is 13.4. The Hall–Kier alpha value is -2.90. The molecule has 8 heteroatoms. The van der Waals surface area contributed by atoms with Gasteiger partial charge >= 0.3 is 0 Å². The van der Waals surface area contributed by atoms with Gasteiger partial charge in [-0.1, -0.05) is 6.92 Å². The first-order valence-electron chi connectivity index (χ1n) is 7.56. The van der Waals surface area contributed by atoms with Crippen molar-refractivity contribution in [1.82, 2.24) is 9.88 Å². The molecule has 1 heterocycles. The lowest BCUT2D eigenvalue weighted by molar-refractivity contribution is -0.116. The van der Waals surface area contributed by atoms with E-state index in [1.54, 1.807) is 12.1 Å². The van der Waals surface area contributed by atoms with Crippen LogP contribution in [0.1, 0.15) is 23.7 Å². The molecule has 0 saturated heterocycles. The zero-order chi connectivity index (χ0) is 18.4. The van der Waals surface area contributed by atoms with Crippen LogP contribution >= 0.6 is 0 Å². The number of halogens is 3. The van der Waals surface area contributed by atoms with Gasteiger partial charge in [0, 0.05) is 18.9 Å². The van der Waals surface area contributed by atoms with Crippen molar-refractivity contribution in [1.29, 1.82) is 0 Å². The third-order valence-electron chi connectivity index (χ3n) is 3.33. The third-order valence-corrected chi connectivity index (χ3v) is 3.33. The highest BCUT2D eigenvalue weighted by Crippen LogP contribution is 2.19. The number of hydrogen-bond acceptors (Lipinski definition) is 3. The van der Waals surface area contributed by atoms with Gasteiger partial charge in [-0.25, -0.2) is 13.2 Å². The first-order valence-corrected chi connectivity index (χ1v) is 7.56. The number of carbonyl (C=O) groups is 2. The molecule has 2 aromatic rings. The summed E-state index contributed by atoms with van der Waals surface area (Å²) in [5.41, 5.74) is -0.183. The van der Waals surface area contributed by atoms with Crippen molar-refractivity contribution in [3.05, 3.63) is 59.7 Å². The van der Waals surface area contributed by atoms with E-state index in [1.807, 2.05) is 6.92 Å². The number of aromatic nitrogens is 1. The molecule has 5 nitrogen and oxygen atoms in total. The molecule has 0 atom stereocenters. The van der Waals surface area contributed by atoms with Gasteiger partial charge in [-0.15, -0.1) is 0 Å². The fourth-order valence-corrected chi connectivity index (χ4v) is 2.18. The van der Waals surface area contributed by atoms with E-state index in [-0.39, 0.29) is 6.54 Å². The lowest BCUT2D eigenvalue weighted by Gasteiger charge is -2.21. The zero-order valence-electron chi connectivity index (χ0n) is 13.4. The smallest absolute Gasteiger partial charge is 0.255 e. The molecule has 0 unspecified atom stereocenters. The van der Waals surface area contributed by atoms with Crippen LogP contribution in [-0.2, 0) is 4.79 Å². The van der Waals surface area contributed by atoms with E-state index in [4.69, 9.17) is 0 Å². The van der Waals surface area contributed by atoms with Crippen LogP contribution in [0.5, 0.6) is 0 Å². The summed E-state index contributed by atoms with van der Waals surface area (Å²) in [7, 11) is 0. The van der Waals surface area contributed by atoms with E-state index in [9.17, 15) is 22.8 Å². The minimum atomic E-state index is -1.67. The van der Waals surface area contributed by atoms with E-state index in [0.717, 1.165) is 6.07 Å². The topological polar surface area (TPSA) is 62.3 Å². The molecule has 0 aliphatic carbocycles. The molecule has 2 rings (SSSR count). The van der Waals surface area contributed by atoms with Crippen molar-refractivity contribution >= 4 is 17.5 Å². The molecule has 0 aliphatic rings. The van der Waals surface area contributed by atoms with Gasteiger partial charge in [-0.2, -0.15) is 0 Å². The standard InChI is InChI=1S/C17H16F3N3O2/c1-2-8-23(17(25)11-4-3-7-21-9-11)10-14(24)22-13-6-5-12(18)15(19)16(13)20/h3-7,9H,2,8,10H2,1H3,(H,22,24). The molecule has 0 bridgehead atoms. The molecule has 0 saturated carbocycles. The van der Waals surface area contributed by atoms with Crippen molar-refractivity contribution in [2.75, 3.05) is 18.4 Å². The van der Waals surface area contributed by atoms with Crippen LogP contribution in [0.3, 0.4) is 0 Å². The highest BCUT2D eigenvalue weighted by atomic mass is 19.2. The van der Waals surface area contributed by atoms with E-state index < -0.39 is 35.0 Å². The number of amides is 2. The van der Waals surface area contributed by atoms with Crippen molar-refractivity contribution in [2.24, 2.45) is 0 Å². The maximum Gasteiger partial charge on any atom is 0.255 e. The van der Waals surface area contributed by atoms with Crippen molar-refractivity contribution < 1.29 is 22.8 Å². The first kappa shape index (κ1) is 18.4. The van der Waals surface area contributed by atoms with Crippen LogP contribution in [0.15, 0.2) is 36.7 Å². The van der Waals surface area contributed by atoms with Crippen LogP contribution < -0.4 is 5.32 Å². The highest BCUT2D eigenvalue weighted by Gasteiger charge is 2.20. The Kier molecular flexibility index (Phi) is 6.10. The van der Waals surface area contributed by atoms with Gasteiger partial charge in [-0.05, 0) is 30.7 Å². The highest BCUT2D eigenvalue weighted by molar-refractivity contribution is 5.99. The van der Waals surface area contributed by atoms with Crippen molar-refractivity contribution in [3.8, 4) is 0 Å². The van der Waals surface area contributed by atoms with Gasteiger partial charge in [0.05, 0.1) is 11.3 Å². The number of nitrogens with one attached hydrogen (secondary N) is 1. The monoisotopic (exact) mass is 351 g/mol. The first-order chi connectivity index (χ1) is 11.9. The fraction of sp³-hybridized carbons (Fsp3) is 0.235. The van der Waals surface area contributed by atoms with E-state index >= 15 is 0 Å². The van der Waals surface area contributed by atoms with Crippen molar-refractivity contribution in [2.45, 2.75) is 13.3 Å². The summed E-state index contributed by atoms with van der Waals surface area (Å²) in [6, 6.07) is 4.77. The second kappa shape index (κ2) is 8.27. The maximum absolute atomic E-state index is 13.6. The molecule has 0 aliphatic heterocycles. The third kappa shape index (κ3) is 4.56. The Morgan fingerprint density at radius 3 is 2.56 bits per heavy atom. The predicted octanol–water partition coefficient (Wildman–Crippen LogP) is 2.99.